The third kappa shape index (κ3) is 7.34. The van der Waals surface area contributed by atoms with Gasteiger partial charge >= 0.3 is 0 Å². The number of sulfonamides is 1. The number of rotatable bonds is 13. The Bertz CT molecular complexity index is 1290. The molecule has 37 heavy (non-hydrogen) atoms. The monoisotopic (exact) mass is 544 g/mol. The Morgan fingerprint density at radius 3 is 2.24 bits per heavy atom. The third-order valence-electron chi connectivity index (χ3n) is 6.22. The van der Waals surface area contributed by atoms with Crippen molar-refractivity contribution in [2.45, 2.75) is 45.1 Å². The molecule has 0 aliphatic rings. The Morgan fingerprint density at radius 2 is 1.65 bits per heavy atom. The molecule has 1 heterocycles. The maximum atomic E-state index is 13.6. The maximum Gasteiger partial charge on any atom is 0.243 e. The van der Waals surface area contributed by atoms with Crippen molar-refractivity contribution in [1.29, 1.82) is 0 Å². The average molecular weight is 545 g/mol. The molecule has 0 aliphatic heterocycles. The molecule has 0 spiro atoms. The minimum atomic E-state index is -3.80. The van der Waals surface area contributed by atoms with Crippen LogP contribution in [-0.2, 0) is 27.8 Å². The van der Waals surface area contributed by atoms with Crippen molar-refractivity contribution < 1.29 is 22.7 Å². The van der Waals surface area contributed by atoms with Crippen LogP contribution in [0.25, 0.3) is 0 Å². The molecule has 0 N–H and O–H groups in total. The number of thiophene rings is 1. The summed E-state index contributed by atoms with van der Waals surface area (Å²) in [6, 6.07) is 14.5. The fourth-order valence-electron chi connectivity index (χ4n) is 3.98. The van der Waals surface area contributed by atoms with Gasteiger partial charge in [-0.15, -0.1) is 11.3 Å². The van der Waals surface area contributed by atoms with E-state index < -0.39 is 10.0 Å². The SMILES string of the molecule is CCCN(CC(=O)N(CCc1ccc(OC)c(OC)c1)Cc1sccc1C)S(=O)(=O)c1ccc(C)cc1. The van der Waals surface area contributed by atoms with E-state index in [0.717, 1.165) is 21.6 Å². The van der Waals surface area contributed by atoms with Crippen LogP contribution in [0, 0.1) is 13.8 Å². The minimum absolute atomic E-state index is 0.199. The van der Waals surface area contributed by atoms with Gasteiger partial charge in [0.1, 0.15) is 0 Å². The lowest BCUT2D eigenvalue weighted by Gasteiger charge is -2.27. The largest absolute Gasteiger partial charge is 0.493 e. The van der Waals surface area contributed by atoms with Gasteiger partial charge in [-0.1, -0.05) is 30.7 Å². The van der Waals surface area contributed by atoms with Gasteiger partial charge in [0, 0.05) is 18.0 Å². The highest BCUT2D eigenvalue weighted by molar-refractivity contribution is 7.89. The number of methoxy groups -OCH3 is 2. The molecule has 0 radical (unpaired) electrons. The van der Waals surface area contributed by atoms with Gasteiger partial charge in [0.25, 0.3) is 0 Å². The summed E-state index contributed by atoms with van der Waals surface area (Å²) in [5.41, 5.74) is 3.09. The second-order valence-corrected chi connectivity index (χ2v) is 11.9. The third-order valence-corrected chi connectivity index (χ3v) is 9.08. The van der Waals surface area contributed by atoms with Gasteiger partial charge in [-0.2, -0.15) is 4.31 Å². The summed E-state index contributed by atoms with van der Waals surface area (Å²) in [6.45, 7) is 6.77. The summed E-state index contributed by atoms with van der Waals surface area (Å²) in [6.07, 6.45) is 1.20. The van der Waals surface area contributed by atoms with Gasteiger partial charge in [0.15, 0.2) is 11.5 Å². The summed E-state index contributed by atoms with van der Waals surface area (Å²) in [5.74, 6) is 1.05. The first kappa shape index (κ1) is 28.7. The molecule has 0 aliphatic carbocycles. The van der Waals surface area contributed by atoms with Gasteiger partial charge in [0.05, 0.1) is 32.2 Å². The lowest BCUT2D eigenvalue weighted by atomic mass is 10.1. The number of amides is 1. The van der Waals surface area contributed by atoms with Gasteiger partial charge in [0.2, 0.25) is 15.9 Å². The fraction of sp³-hybridized carbons (Fsp3) is 0.393. The van der Waals surface area contributed by atoms with Crippen LogP contribution in [0.15, 0.2) is 58.8 Å². The standard InChI is InChI=1S/C28H36N2O5S2/c1-6-15-30(37(32,33)24-10-7-21(2)8-11-24)20-28(31)29(19-27-22(3)14-17-36-27)16-13-23-9-12-25(34-4)26(18-23)35-5/h7-12,14,17-18H,6,13,15-16,19-20H2,1-5H3. The summed E-state index contributed by atoms with van der Waals surface area (Å²) in [4.78, 5) is 16.7. The zero-order valence-electron chi connectivity index (χ0n) is 22.2. The van der Waals surface area contributed by atoms with Gasteiger partial charge in [-0.3, -0.25) is 4.79 Å². The Labute approximate surface area is 224 Å². The Kier molecular flexibility index (Phi) is 10.1. The molecule has 0 bridgehead atoms. The topological polar surface area (TPSA) is 76.2 Å². The van der Waals surface area contributed by atoms with E-state index in [4.69, 9.17) is 9.47 Å². The number of carbonyl (C=O) groups excluding carboxylic acids is 1. The van der Waals surface area contributed by atoms with E-state index in [1.807, 2.05) is 50.4 Å². The lowest BCUT2D eigenvalue weighted by molar-refractivity contribution is -0.132. The molecule has 7 nitrogen and oxygen atoms in total. The van der Waals surface area contributed by atoms with Gasteiger partial charge in [-0.25, -0.2) is 8.42 Å². The van der Waals surface area contributed by atoms with Crippen molar-refractivity contribution in [3.8, 4) is 11.5 Å². The summed E-state index contributed by atoms with van der Waals surface area (Å²) in [7, 11) is -0.622. The van der Waals surface area contributed by atoms with E-state index in [9.17, 15) is 13.2 Å². The van der Waals surface area contributed by atoms with E-state index in [2.05, 4.69) is 0 Å². The van der Waals surface area contributed by atoms with Crippen LogP contribution in [0.1, 0.15) is 34.9 Å². The zero-order chi connectivity index (χ0) is 27.0. The second kappa shape index (κ2) is 13.1. The highest BCUT2D eigenvalue weighted by Gasteiger charge is 2.28. The van der Waals surface area contributed by atoms with Crippen LogP contribution in [0.2, 0.25) is 0 Å². The normalized spacial score (nSPS) is 11.5. The molecule has 0 saturated heterocycles. The summed E-state index contributed by atoms with van der Waals surface area (Å²) in [5, 5.41) is 2.01. The van der Waals surface area contributed by atoms with Crippen molar-refractivity contribution in [2.24, 2.45) is 0 Å². The smallest absolute Gasteiger partial charge is 0.243 e. The second-order valence-electron chi connectivity index (χ2n) is 8.93. The molecular weight excluding hydrogens is 508 g/mol. The van der Waals surface area contributed by atoms with E-state index in [0.29, 0.717) is 37.4 Å². The molecular formula is C28H36N2O5S2. The van der Waals surface area contributed by atoms with Crippen LogP contribution in [0.4, 0.5) is 0 Å². The van der Waals surface area contributed by atoms with Crippen molar-refractivity contribution in [3.63, 3.8) is 0 Å². The van der Waals surface area contributed by atoms with Crippen LogP contribution in [0.5, 0.6) is 11.5 Å². The Morgan fingerprint density at radius 1 is 0.946 bits per heavy atom. The molecule has 9 heteroatoms. The predicted molar refractivity (Wildman–Crippen MR) is 148 cm³/mol. The molecule has 3 rings (SSSR count). The van der Waals surface area contributed by atoms with E-state index in [-0.39, 0.29) is 23.9 Å². The van der Waals surface area contributed by atoms with Crippen molar-refractivity contribution in [2.75, 3.05) is 33.9 Å². The number of hydrogen-bond acceptors (Lipinski definition) is 6. The predicted octanol–water partition coefficient (Wildman–Crippen LogP) is 5.05. The summed E-state index contributed by atoms with van der Waals surface area (Å²) < 4.78 is 38.9. The number of ether oxygens (including phenoxy) is 2. The quantitative estimate of drug-likeness (QED) is 0.301. The minimum Gasteiger partial charge on any atom is -0.493 e. The summed E-state index contributed by atoms with van der Waals surface area (Å²) >= 11 is 1.60. The number of benzene rings is 2. The number of nitrogens with zero attached hydrogens (tertiary/aromatic N) is 2. The Hall–Kier alpha value is -2.88. The molecule has 0 atom stereocenters. The highest BCUT2D eigenvalue weighted by atomic mass is 32.2. The van der Waals surface area contributed by atoms with E-state index in [1.54, 1.807) is 54.7 Å². The Balaban J connectivity index is 1.83. The zero-order valence-corrected chi connectivity index (χ0v) is 23.8. The average Bonchev–Trinajstić information content (AvgIpc) is 3.30. The van der Waals surface area contributed by atoms with Crippen LogP contribution >= 0.6 is 11.3 Å². The molecule has 200 valence electrons. The molecule has 0 unspecified atom stereocenters. The molecule has 0 saturated carbocycles. The van der Waals surface area contributed by atoms with Gasteiger partial charge < -0.3 is 14.4 Å². The maximum absolute atomic E-state index is 13.6. The van der Waals surface area contributed by atoms with Gasteiger partial charge in [-0.05, 0) is 73.5 Å². The first-order chi connectivity index (χ1) is 17.7. The molecule has 3 aromatic rings. The molecule has 1 aromatic heterocycles. The first-order valence-corrected chi connectivity index (χ1v) is 14.6. The van der Waals surface area contributed by atoms with Crippen molar-refractivity contribution >= 4 is 27.3 Å². The van der Waals surface area contributed by atoms with Crippen molar-refractivity contribution in [1.82, 2.24) is 9.21 Å². The van der Waals surface area contributed by atoms with Crippen LogP contribution in [0.3, 0.4) is 0 Å². The lowest BCUT2D eigenvalue weighted by Crippen LogP contribution is -2.43. The fourth-order valence-corrected chi connectivity index (χ4v) is 6.38. The molecule has 1 amide bonds. The van der Waals surface area contributed by atoms with E-state index >= 15 is 0 Å². The number of hydrogen-bond donors (Lipinski definition) is 0. The molecule has 2 aromatic carbocycles. The highest BCUT2D eigenvalue weighted by Crippen LogP contribution is 2.28. The molecule has 0 fully saturated rings. The van der Waals surface area contributed by atoms with Crippen LogP contribution < -0.4 is 9.47 Å². The van der Waals surface area contributed by atoms with Crippen molar-refractivity contribution in [3.05, 3.63) is 75.5 Å². The number of carbonyl (C=O) groups is 1. The van der Waals surface area contributed by atoms with Crippen LogP contribution in [-0.4, -0.2) is 57.4 Å². The van der Waals surface area contributed by atoms with E-state index in [1.165, 1.54) is 4.31 Å². The number of aryl methyl sites for hydroxylation is 2. The first-order valence-electron chi connectivity index (χ1n) is 12.3.